The zero-order chi connectivity index (χ0) is 18.0. The van der Waals surface area contributed by atoms with Crippen molar-refractivity contribution in [2.75, 3.05) is 6.61 Å². The Morgan fingerprint density at radius 3 is 2.43 bits per heavy atom. The normalized spacial score (nSPS) is 23.1. The molecule has 1 aliphatic heterocycles. The van der Waals surface area contributed by atoms with Crippen LogP contribution in [0, 0.1) is 0 Å². The van der Waals surface area contributed by atoms with Crippen molar-refractivity contribution in [2.24, 2.45) is 0 Å². The number of rotatable bonds is 4. The van der Waals surface area contributed by atoms with Gasteiger partial charge in [0.05, 0.1) is 12.6 Å². The molecule has 1 saturated heterocycles. The molecule has 0 radical (unpaired) electrons. The van der Waals surface area contributed by atoms with E-state index in [1.54, 1.807) is 34.6 Å². The first kappa shape index (κ1) is 19.4. The summed E-state index contributed by atoms with van der Waals surface area (Å²) in [5.41, 5.74) is -1.63. The number of aliphatic hydroxyl groups excluding tert-OH is 1. The number of amides is 1. The van der Waals surface area contributed by atoms with E-state index in [9.17, 15) is 14.7 Å². The number of carbonyl (C=O) groups excluding carboxylic acids is 2. The topological polar surface area (TPSA) is 85.3 Å². The number of hydrogen-bond acceptors (Lipinski definition) is 6. The summed E-state index contributed by atoms with van der Waals surface area (Å²) in [5, 5.41) is 10.5. The van der Waals surface area contributed by atoms with Gasteiger partial charge in [0.1, 0.15) is 23.5 Å². The number of hydrogen-bond donors (Lipinski definition) is 1. The smallest absolute Gasteiger partial charge is 0.412 e. The van der Waals surface area contributed by atoms with Crippen molar-refractivity contribution < 1.29 is 28.9 Å². The Morgan fingerprint density at radius 2 is 2.00 bits per heavy atom. The van der Waals surface area contributed by atoms with E-state index < -0.39 is 41.6 Å². The molecule has 1 rings (SSSR count). The van der Waals surface area contributed by atoms with E-state index in [1.807, 2.05) is 0 Å². The van der Waals surface area contributed by atoms with Gasteiger partial charge in [-0.05, 0) is 40.7 Å². The Morgan fingerprint density at radius 1 is 1.43 bits per heavy atom. The van der Waals surface area contributed by atoms with Crippen LogP contribution in [0.2, 0.25) is 0 Å². The molecule has 1 N–H and O–H groups in total. The Kier molecular flexibility index (Phi) is 5.82. The van der Waals surface area contributed by atoms with Gasteiger partial charge >= 0.3 is 12.1 Å². The molecule has 132 valence electrons. The van der Waals surface area contributed by atoms with Crippen LogP contribution in [0.3, 0.4) is 0 Å². The fourth-order valence-electron chi connectivity index (χ4n) is 2.42. The molecule has 0 unspecified atom stereocenters. The van der Waals surface area contributed by atoms with Crippen LogP contribution in [0.5, 0.6) is 0 Å². The maximum atomic E-state index is 12.5. The summed E-state index contributed by atoms with van der Waals surface area (Å²) in [4.78, 5) is 25.0. The molecule has 3 atom stereocenters. The number of aliphatic hydroxyl groups is 1. The Bertz CT molecular complexity index is 468. The van der Waals surface area contributed by atoms with Gasteiger partial charge in [0.25, 0.3) is 0 Å². The number of ether oxygens (including phenoxy) is 3. The lowest BCUT2D eigenvalue weighted by molar-refractivity contribution is -0.150. The second-order valence-corrected chi connectivity index (χ2v) is 6.98. The summed E-state index contributed by atoms with van der Waals surface area (Å²) < 4.78 is 16.0. The molecule has 7 heteroatoms. The molecule has 0 aliphatic carbocycles. The van der Waals surface area contributed by atoms with E-state index in [0.29, 0.717) is 0 Å². The first-order valence-electron chi connectivity index (χ1n) is 7.53. The molecular formula is C16H27NO6. The summed E-state index contributed by atoms with van der Waals surface area (Å²) in [5.74, 6) is -0.545. The molecule has 1 heterocycles. The third kappa shape index (κ3) is 4.94. The van der Waals surface area contributed by atoms with Crippen molar-refractivity contribution in [3.05, 3.63) is 12.7 Å². The van der Waals surface area contributed by atoms with Crippen molar-refractivity contribution >= 4 is 12.1 Å². The van der Waals surface area contributed by atoms with Crippen LogP contribution in [-0.2, 0) is 19.0 Å². The summed E-state index contributed by atoms with van der Waals surface area (Å²) in [6.07, 6.45) is -1.40. The Hall–Kier alpha value is -1.60. The molecule has 1 amide bonds. The molecule has 0 spiro atoms. The average Bonchev–Trinajstić information content (AvgIpc) is 2.68. The lowest BCUT2D eigenvalue weighted by Gasteiger charge is -2.37. The summed E-state index contributed by atoms with van der Waals surface area (Å²) in [7, 11) is 0. The van der Waals surface area contributed by atoms with E-state index in [1.165, 1.54) is 17.9 Å². The fourth-order valence-corrected chi connectivity index (χ4v) is 2.42. The highest BCUT2D eigenvalue weighted by Crippen LogP contribution is 2.32. The van der Waals surface area contributed by atoms with E-state index in [4.69, 9.17) is 14.2 Å². The van der Waals surface area contributed by atoms with Crippen molar-refractivity contribution in [3.63, 3.8) is 0 Å². The quantitative estimate of drug-likeness (QED) is 0.626. The van der Waals surface area contributed by atoms with Gasteiger partial charge in [-0.2, -0.15) is 0 Å². The highest BCUT2D eigenvalue weighted by atomic mass is 16.6. The molecule has 0 aromatic heterocycles. The molecule has 1 fully saturated rings. The van der Waals surface area contributed by atoms with Crippen molar-refractivity contribution in [1.82, 2.24) is 4.90 Å². The van der Waals surface area contributed by atoms with Crippen molar-refractivity contribution in [2.45, 2.75) is 71.1 Å². The number of carbonyl (C=O) groups is 2. The van der Waals surface area contributed by atoms with E-state index in [0.717, 1.165) is 0 Å². The lowest BCUT2D eigenvalue weighted by Crippen LogP contribution is -2.55. The summed E-state index contributed by atoms with van der Waals surface area (Å²) in [6, 6.07) is -0.720. The van der Waals surface area contributed by atoms with Crippen LogP contribution in [-0.4, -0.2) is 58.3 Å². The van der Waals surface area contributed by atoms with Crippen LogP contribution in [0.15, 0.2) is 12.7 Å². The zero-order valence-electron chi connectivity index (χ0n) is 14.7. The van der Waals surface area contributed by atoms with Crippen molar-refractivity contribution in [3.8, 4) is 0 Å². The van der Waals surface area contributed by atoms with Gasteiger partial charge in [0, 0.05) is 6.92 Å². The predicted molar refractivity (Wildman–Crippen MR) is 83.6 cm³/mol. The second-order valence-electron chi connectivity index (χ2n) is 6.98. The number of esters is 1. The standard InChI is InChI=1S/C16H27NO6/c1-8-12(22-10(2)18)13(19)11-9-21-16(6,7)17(11)14(20)23-15(3,4)5/h8,11-13,19H,1,9H2,2-7H3/t11-,12+,13-/m0/s1. The minimum atomic E-state index is -1.18. The lowest BCUT2D eigenvalue weighted by atomic mass is 10.0. The monoisotopic (exact) mass is 329 g/mol. The fraction of sp³-hybridized carbons (Fsp3) is 0.750. The minimum Gasteiger partial charge on any atom is -0.455 e. The Labute approximate surface area is 137 Å². The van der Waals surface area contributed by atoms with Crippen LogP contribution >= 0.6 is 0 Å². The average molecular weight is 329 g/mol. The molecule has 0 aromatic carbocycles. The van der Waals surface area contributed by atoms with Gasteiger partial charge in [0.2, 0.25) is 0 Å². The first-order chi connectivity index (χ1) is 10.4. The SMILES string of the molecule is C=C[C@@H](OC(C)=O)[C@@H](O)[C@@H]1COC(C)(C)N1C(=O)OC(C)(C)C. The molecule has 0 aromatic rings. The third-order valence-electron chi connectivity index (χ3n) is 3.37. The third-order valence-corrected chi connectivity index (χ3v) is 3.37. The summed E-state index contributed by atoms with van der Waals surface area (Å²) in [6.45, 7) is 13.6. The maximum Gasteiger partial charge on any atom is 0.412 e. The molecule has 1 aliphatic rings. The van der Waals surface area contributed by atoms with Crippen LogP contribution in [0.1, 0.15) is 41.5 Å². The van der Waals surface area contributed by atoms with Crippen LogP contribution in [0.4, 0.5) is 4.79 Å². The molecule has 0 bridgehead atoms. The van der Waals surface area contributed by atoms with Gasteiger partial charge in [-0.25, -0.2) is 4.79 Å². The zero-order valence-corrected chi connectivity index (χ0v) is 14.7. The summed E-state index contributed by atoms with van der Waals surface area (Å²) >= 11 is 0. The first-order valence-corrected chi connectivity index (χ1v) is 7.53. The minimum absolute atomic E-state index is 0.0962. The molecule has 7 nitrogen and oxygen atoms in total. The largest absolute Gasteiger partial charge is 0.455 e. The predicted octanol–water partition coefficient (Wildman–Crippen LogP) is 1.84. The maximum absolute atomic E-state index is 12.5. The van der Waals surface area contributed by atoms with E-state index >= 15 is 0 Å². The highest BCUT2D eigenvalue weighted by molar-refractivity contribution is 5.70. The van der Waals surface area contributed by atoms with E-state index in [-0.39, 0.29) is 6.61 Å². The molecule has 0 saturated carbocycles. The van der Waals surface area contributed by atoms with Gasteiger partial charge < -0.3 is 19.3 Å². The Balaban J connectivity index is 3.01. The van der Waals surface area contributed by atoms with E-state index in [2.05, 4.69) is 6.58 Å². The second kappa shape index (κ2) is 6.88. The van der Waals surface area contributed by atoms with Gasteiger partial charge in [0.15, 0.2) is 0 Å². The van der Waals surface area contributed by atoms with Gasteiger partial charge in [-0.1, -0.05) is 6.58 Å². The molecule has 23 heavy (non-hydrogen) atoms. The van der Waals surface area contributed by atoms with Gasteiger partial charge in [-0.15, -0.1) is 0 Å². The van der Waals surface area contributed by atoms with Gasteiger partial charge in [-0.3, -0.25) is 9.69 Å². The van der Waals surface area contributed by atoms with Crippen molar-refractivity contribution in [1.29, 1.82) is 0 Å². The van der Waals surface area contributed by atoms with Crippen LogP contribution < -0.4 is 0 Å². The molecular weight excluding hydrogens is 302 g/mol. The number of nitrogens with zero attached hydrogens (tertiary/aromatic N) is 1. The van der Waals surface area contributed by atoms with Crippen LogP contribution in [0.25, 0.3) is 0 Å². The highest BCUT2D eigenvalue weighted by Gasteiger charge is 2.50.